The molecule has 1 aromatic rings. The van der Waals surface area contributed by atoms with Crippen LogP contribution >= 0.6 is 0 Å². The van der Waals surface area contributed by atoms with Gasteiger partial charge in [0, 0.05) is 12.6 Å². The zero-order valence-corrected chi connectivity index (χ0v) is 13.1. The molecule has 0 aliphatic carbocycles. The Hall–Kier alpha value is -1.85. The fourth-order valence-electron chi connectivity index (χ4n) is 2.43. The van der Waals surface area contributed by atoms with Crippen molar-refractivity contribution >= 4 is 11.7 Å². The number of nitrogens with zero attached hydrogens (tertiary/aromatic N) is 2. The lowest BCUT2D eigenvalue weighted by molar-refractivity contribution is -0.385. The van der Waals surface area contributed by atoms with Gasteiger partial charge in [0.2, 0.25) is 0 Å². The summed E-state index contributed by atoms with van der Waals surface area (Å²) in [5.41, 5.74) is 0.896. The molecule has 0 saturated carbocycles. The minimum Gasteiger partial charge on any atom is -0.461 e. The number of rotatable bonds is 9. The normalized spacial score (nSPS) is 10.6. The number of unbranched alkanes of at least 4 members (excludes halogenated alkanes) is 3. The summed E-state index contributed by atoms with van der Waals surface area (Å²) in [5.74, 6) is -0.490. The van der Waals surface area contributed by atoms with Crippen LogP contribution in [0.4, 0.5) is 5.69 Å². The first-order chi connectivity index (χ1) is 10.1. The molecule has 0 aromatic carbocycles. The summed E-state index contributed by atoms with van der Waals surface area (Å²) >= 11 is 0. The summed E-state index contributed by atoms with van der Waals surface area (Å²) in [7, 11) is 0. The van der Waals surface area contributed by atoms with E-state index < -0.39 is 10.9 Å². The molecule has 0 unspecified atom stereocenters. The Morgan fingerprint density at radius 2 is 2.00 bits per heavy atom. The highest BCUT2D eigenvalue weighted by Crippen LogP contribution is 2.26. The van der Waals surface area contributed by atoms with Crippen molar-refractivity contribution in [2.24, 2.45) is 0 Å². The standard InChI is InChI=1S/C15H24N2O4/c1-4-7-8-9-10-16-12(5-2)13(17(19)20)11-14(16)15(18)21-6-3/h11H,4-10H2,1-3H3. The second-order valence-electron chi connectivity index (χ2n) is 4.90. The Bertz CT molecular complexity index is 494. The van der Waals surface area contributed by atoms with Gasteiger partial charge in [-0.15, -0.1) is 0 Å². The minimum absolute atomic E-state index is 0.0102. The molecule has 0 spiro atoms. The van der Waals surface area contributed by atoms with Crippen LogP contribution in [0.1, 0.15) is 62.6 Å². The van der Waals surface area contributed by atoms with Gasteiger partial charge in [-0.1, -0.05) is 33.1 Å². The molecule has 6 heteroatoms. The van der Waals surface area contributed by atoms with Crippen LogP contribution in [0.3, 0.4) is 0 Å². The van der Waals surface area contributed by atoms with Gasteiger partial charge in [-0.3, -0.25) is 10.1 Å². The quantitative estimate of drug-likeness (QED) is 0.301. The first-order valence-corrected chi connectivity index (χ1v) is 7.60. The third kappa shape index (κ3) is 4.31. The molecule has 0 N–H and O–H groups in total. The van der Waals surface area contributed by atoms with Crippen LogP contribution in [-0.4, -0.2) is 22.1 Å². The maximum atomic E-state index is 12.0. The number of carbonyl (C=O) groups excluding carboxylic acids is 1. The van der Waals surface area contributed by atoms with Crippen molar-refractivity contribution in [1.82, 2.24) is 4.57 Å². The molecule has 0 aliphatic heterocycles. The van der Waals surface area contributed by atoms with E-state index in [0.717, 1.165) is 25.7 Å². The van der Waals surface area contributed by atoms with Gasteiger partial charge in [-0.05, 0) is 19.8 Å². The molecule has 118 valence electrons. The monoisotopic (exact) mass is 296 g/mol. The molecular weight excluding hydrogens is 272 g/mol. The molecule has 1 rings (SSSR count). The molecule has 0 fully saturated rings. The molecule has 1 aromatic heterocycles. The van der Waals surface area contributed by atoms with Crippen molar-refractivity contribution in [2.75, 3.05) is 6.61 Å². The van der Waals surface area contributed by atoms with E-state index in [-0.39, 0.29) is 18.0 Å². The van der Waals surface area contributed by atoms with Crippen LogP contribution in [0, 0.1) is 10.1 Å². The molecule has 0 radical (unpaired) electrons. The third-order valence-corrected chi connectivity index (χ3v) is 3.44. The van der Waals surface area contributed by atoms with Crippen LogP contribution in [0.15, 0.2) is 6.07 Å². The van der Waals surface area contributed by atoms with Gasteiger partial charge in [-0.2, -0.15) is 0 Å². The van der Waals surface area contributed by atoms with Gasteiger partial charge < -0.3 is 9.30 Å². The zero-order valence-electron chi connectivity index (χ0n) is 13.1. The fraction of sp³-hybridized carbons (Fsp3) is 0.667. The Balaban J connectivity index is 3.08. The molecule has 0 bridgehead atoms. The summed E-state index contributed by atoms with van der Waals surface area (Å²) in [6.45, 7) is 6.59. The van der Waals surface area contributed by atoms with E-state index >= 15 is 0 Å². The first kappa shape index (κ1) is 17.2. The smallest absolute Gasteiger partial charge is 0.355 e. The lowest BCUT2D eigenvalue weighted by atomic mass is 10.2. The lowest BCUT2D eigenvalue weighted by Crippen LogP contribution is -2.14. The number of hydrogen-bond acceptors (Lipinski definition) is 4. The number of ether oxygens (including phenoxy) is 1. The highest BCUT2D eigenvalue weighted by molar-refractivity contribution is 5.89. The summed E-state index contributed by atoms with van der Waals surface area (Å²) in [6, 6.07) is 1.34. The SMILES string of the molecule is CCCCCCn1c(C(=O)OCC)cc([N+](=O)[O-])c1CC. The van der Waals surface area contributed by atoms with E-state index in [9.17, 15) is 14.9 Å². The first-order valence-electron chi connectivity index (χ1n) is 7.60. The number of nitro groups is 1. The topological polar surface area (TPSA) is 74.4 Å². The molecule has 0 amide bonds. The molecule has 0 aliphatic rings. The van der Waals surface area contributed by atoms with Crippen LogP contribution in [0.2, 0.25) is 0 Å². The number of carbonyl (C=O) groups is 1. The van der Waals surface area contributed by atoms with Crippen molar-refractivity contribution in [2.45, 2.75) is 59.4 Å². The zero-order chi connectivity index (χ0) is 15.8. The lowest BCUT2D eigenvalue weighted by Gasteiger charge is -2.11. The van der Waals surface area contributed by atoms with Crippen LogP contribution in [0.5, 0.6) is 0 Å². The summed E-state index contributed by atoms with van der Waals surface area (Å²) in [5, 5.41) is 11.1. The molecular formula is C15H24N2O4. The molecule has 21 heavy (non-hydrogen) atoms. The van der Waals surface area contributed by atoms with E-state index in [1.165, 1.54) is 6.07 Å². The van der Waals surface area contributed by atoms with Gasteiger partial charge in [0.25, 0.3) is 5.69 Å². The van der Waals surface area contributed by atoms with Gasteiger partial charge in [-0.25, -0.2) is 4.79 Å². The van der Waals surface area contributed by atoms with Crippen molar-refractivity contribution in [3.05, 3.63) is 27.6 Å². The molecule has 1 heterocycles. The molecule has 6 nitrogen and oxygen atoms in total. The van der Waals surface area contributed by atoms with Gasteiger partial charge in [0.15, 0.2) is 0 Å². The Morgan fingerprint density at radius 1 is 1.29 bits per heavy atom. The molecule has 0 atom stereocenters. The van der Waals surface area contributed by atoms with Crippen molar-refractivity contribution < 1.29 is 14.5 Å². The van der Waals surface area contributed by atoms with Gasteiger partial charge in [0.1, 0.15) is 5.69 Å². The second kappa shape index (κ2) is 8.44. The summed E-state index contributed by atoms with van der Waals surface area (Å²) < 4.78 is 6.76. The minimum atomic E-state index is -0.490. The average molecular weight is 296 g/mol. The maximum absolute atomic E-state index is 12.0. The number of esters is 1. The second-order valence-corrected chi connectivity index (χ2v) is 4.90. The average Bonchev–Trinajstić information content (AvgIpc) is 2.82. The Morgan fingerprint density at radius 3 is 2.52 bits per heavy atom. The van der Waals surface area contributed by atoms with Crippen LogP contribution in [0.25, 0.3) is 0 Å². The van der Waals surface area contributed by atoms with E-state index in [4.69, 9.17) is 4.74 Å². The van der Waals surface area contributed by atoms with Crippen LogP contribution in [-0.2, 0) is 17.7 Å². The largest absolute Gasteiger partial charge is 0.461 e. The maximum Gasteiger partial charge on any atom is 0.355 e. The van der Waals surface area contributed by atoms with E-state index in [1.54, 1.807) is 11.5 Å². The van der Waals surface area contributed by atoms with Crippen molar-refractivity contribution in [1.29, 1.82) is 0 Å². The number of aromatic nitrogens is 1. The predicted octanol–water partition coefficient (Wildman–Crippen LogP) is 3.72. The van der Waals surface area contributed by atoms with Crippen molar-refractivity contribution in [3.63, 3.8) is 0 Å². The van der Waals surface area contributed by atoms with E-state index in [2.05, 4.69) is 6.92 Å². The van der Waals surface area contributed by atoms with Gasteiger partial charge >= 0.3 is 5.97 Å². The summed E-state index contributed by atoms with van der Waals surface area (Å²) in [4.78, 5) is 22.7. The predicted molar refractivity (Wildman–Crippen MR) is 80.6 cm³/mol. The number of hydrogen-bond donors (Lipinski definition) is 0. The van der Waals surface area contributed by atoms with E-state index in [0.29, 0.717) is 18.7 Å². The fourth-order valence-corrected chi connectivity index (χ4v) is 2.43. The Kier molecular flexibility index (Phi) is 6.91. The highest BCUT2D eigenvalue weighted by atomic mass is 16.6. The molecule has 0 saturated heterocycles. The summed E-state index contributed by atoms with van der Waals surface area (Å²) in [6.07, 6.45) is 4.72. The van der Waals surface area contributed by atoms with Crippen molar-refractivity contribution in [3.8, 4) is 0 Å². The van der Waals surface area contributed by atoms with Crippen LogP contribution < -0.4 is 0 Å². The van der Waals surface area contributed by atoms with E-state index in [1.807, 2.05) is 6.92 Å². The highest BCUT2D eigenvalue weighted by Gasteiger charge is 2.26. The Labute approximate surface area is 125 Å². The third-order valence-electron chi connectivity index (χ3n) is 3.44. The van der Waals surface area contributed by atoms with Gasteiger partial charge in [0.05, 0.1) is 17.2 Å².